The average Bonchev–Trinajstić information content (AvgIpc) is 2.97. The molecule has 1 spiro atoms. The van der Waals surface area contributed by atoms with Crippen LogP contribution in [0.4, 0.5) is 0 Å². The van der Waals surface area contributed by atoms with Crippen LogP contribution in [0.2, 0.25) is 0 Å². The van der Waals surface area contributed by atoms with Crippen molar-refractivity contribution in [1.29, 1.82) is 0 Å². The molecule has 2 saturated carbocycles. The highest BCUT2D eigenvalue weighted by Gasteiger charge is 2.49. The van der Waals surface area contributed by atoms with Crippen LogP contribution in [0.25, 0.3) is 0 Å². The molecule has 3 aliphatic heterocycles. The van der Waals surface area contributed by atoms with Crippen LogP contribution >= 0.6 is 0 Å². The average molecular weight is 630 g/mol. The van der Waals surface area contributed by atoms with Crippen molar-refractivity contribution < 1.29 is 13.2 Å². The highest BCUT2D eigenvalue weighted by Crippen LogP contribution is 2.52. The fourth-order valence-corrected chi connectivity index (χ4v) is 10.8. The molecule has 2 aliphatic carbocycles. The summed E-state index contributed by atoms with van der Waals surface area (Å²) in [5.41, 5.74) is 3.05. The van der Waals surface area contributed by atoms with E-state index in [2.05, 4.69) is 84.2 Å². The van der Waals surface area contributed by atoms with Gasteiger partial charge in [0.05, 0.1) is 11.9 Å². The molecule has 5 unspecified atom stereocenters. The van der Waals surface area contributed by atoms with Crippen molar-refractivity contribution in [1.82, 2.24) is 25.2 Å². The number of nitrogens with one attached hydrogen (secondary N) is 3. The summed E-state index contributed by atoms with van der Waals surface area (Å²) >= 11 is 0. The van der Waals surface area contributed by atoms with E-state index in [1.807, 2.05) is 0 Å². The lowest BCUT2D eigenvalue weighted by Gasteiger charge is -2.57. The van der Waals surface area contributed by atoms with E-state index in [-0.39, 0.29) is 17.5 Å². The number of hydrogen-bond donors (Lipinski definition) is 3. The molecule has 0 radical (unpaired) electrons. The minimum Gasteiger partial charge on any atom is -0.362 e. The summed E-state index contributed by atoms with van der Waals surface area (Å²) in [6.07, 6.45) is 9.84. The predicted molar refractivity (Wildman–Crippen MR) is 178 cm³/mol. The van der Waals surface area contributed by atoms with Gasteiger partial charge in [0.2, 0.25) is 10.0 Å². The first-order valence-electron chi connectivity index (χ1n) is 17.7. The molecule has 3 heterocycles. The van der Waals surface area contributed by atoms with E-state index < -0.39 is 16.3 Å². The second kappa shape index (κ2) is 13.6. The lowest BCUT2D eigenvalue weighted by molar-refractivity contribution is -0.0938. The molecule has 3 saturated heterocycles. The first-order valence-corrected chi connectivity index (χ1v) is 19.2. The fraction of sp³-hybridized carbons (Fsp3) is 0.829. The number of rotatable bonds is 5. The Balaban J connectivity index is 1.29. The van der Waals surface area contributed by atoms with Gasteiger partial charge in [-0.15, -0.1) is 0 Å². The maximum Gasteiger partial charge on any atom is 0.216 e. The third-order valence-electron chi connectivity index (χ3n) is 11.6. The van der Waals surface area contributed by atoms with E-state index in [1.165, 1.54) is 49.9 Å². The smallest absolute Gasteiger partial charge is 0.216 e. The van der Waals surface area contributed by atoms with Gasteiger partial charge in [-0.25, -0.2) is 8.42 Å². The molecule has 0 amide bonds. The van der Waals surface area contributed by atoms with Crippen LogP contribution in [-0.4, -0.2) is 81.4 Å². The topological polar surface area (TPSA) is 85.9 Å². The highest BCUT2D eigenvalue weighted by molar-refractivity contribution is 7.90. The van der Waals surface area contributed by atoms with E-state index in [0.717, 1.165) is 45.1 Å². The second-order valence-electron chi connectivity index (χ2n) is 15.8. The number of ether oxygens (including phenoxy) is 1. The van der Waals surface area contributed by atoms with E-state index in [0.29, 0.717) is 41.9 Å². The summed E-state index contributed by atoms with van der Waals surface area (Å²) in [5.74, 6) is 1.35. The van der Waals surface area contributed by atoms with Gasteiger partial charge in [0.15, 0.2) is 0 Å². The van der Waals surface area contributed by atoms with Gasteiger partial charge in [0.1, 0.15) is 12.5 Å². The Bertz CT molecular complexity index is 1210. The largest absolute Gasteiger partial charge is 0.362 e. The molecule has 4 bridgehead atoms. The molecule has 1 aromatic rings. The summed E-state index contributed by atoms with van der Waals surface area (Å²) in [6.45, 7) is 13.2. The zero-order valence-electron chi connectivity index (χ0n) is 27.9. The first-order chi connectivity index (χ1) is 21.0. The summed E-state index contributed by atoms with van der Waals surface area (Å²) < 4.78 is 37.7. The van der Waals surface area contributed by atoms with Crippen LogP contribution in [-0.2, 0) is 14.8 Å². The Morgan fingerprint density at radius 2 is 1.77 bits per heavy atom. The van der Waals surface area contributed by atoms with E-state index in [9.17, 15) is 8.42 Å². The minimum atomic E-state index is -3.52. The van der Waals surface area contributed by atoms with Gasteiger partial charge >= 0.3 is 0 Å². The van der Waals surface area contributed by atoms with Crippen molar-refractivity contribution in [3.8, 4) is 0 Å². The van der Waals surface area contributed by atoms with Gasteiger partial charge in [-0.05, 0) is 106 Å². The molecule has 9 heteroatoms. The molecule has 5 fully saturated rings. The van der Waals surface area contributed by atoms with Gasteiger partial charge < -0.3 is 9.64 Å². The quantitative estimate of drug-likeness (QED) is 0.416. The van der Waals surface area contributed by atoms with Crippen LogP contribution < -0.4 is 15.4 Å². The molecule has 6 atom stereocenters. The van der Waals surface area contributed by atoms with Gasteiger partial charge in [-0.2, -0.15) is 4.72 Å². The van der Waals surface area contributed by atoms with Gasteiger partial charge in [0, 0.05) is 31.1 Å². The van der Waals surface area contributed by atoms with Crippen molar-refractivity contribution in [2.24, 2.45) is 17.3 Å². The molecule has 1 aromatic carbocycles. The van der Waals surface area contributed by atoms with Crippen LogP contribution in [0.5, 0.6) is 0 Å². The highest BCUT2D eigenvalue weighted by atomic mass is 32.2. The maximum atomic E-state index is 13.9. The normalized spacial score (nSPS) is 35.5. The van der Waals surface area contributed by atoms with E-state index in [1.54, 1.807) is 0 Å². The standard InChI is InChI=1S/C35H59N5O3S/c1-24(2)17-27-23-43-33-19-32(31-12-7-6-11-30(31)25(3)4)36-34(37-33)38-44(41,42)29-10-8-9-26(18-29)22-40(27)28-20-35(21-28)13-15-39(5)16-14-35/h6-7,11-12,24-29,32-34,36-38H,8-10,13-23H2,1-5H3/t26?,27-,29?,32?,33?,34?/m1/s1. The third-order valence-corrected chi connectivity index (χ3v) is 13.5. The van der Waals surface area contributed by atoms with Gasteiger partial charge in [-0.3, -0.25) is 15.5 Å². The number of benzene rings is 1. The molecule has 6 rings (SSSR count). The van der Waals surface area contributed by atoms with Crippen molar-refractivity contribution in [2.45, 2.75) is 134 Å². The van der Waals surface area contributed by atoms with Crippen molar-refractivity contribution in [2.75, 3.05) is 33.3 Å². The number of sulfonamides is 1. The van der Waals surface area contributed by atoms with Crippen molar-refractivity contribution >= 4 is 10.0 Å². The van der Waals surface area contributed by atoms with E-state index in [4.69, 9.17) is 4.74 Å². The van der Waals surface area contributed by atoms with Crippen molar-refractivity contribution in [3.05, 3.63) is 35.4 Å². The Morgan fingerprint density at radius 1 is 1.02 bits per heavy atom. The van der Waals surface area contributed by atoms with Crippen LogP contribution in [0.15, 0.2) is 24.3 Å². The Morgan fingerprint density at radius 3 is 2.50 bits per heavy atom. The predicted octanol–water partition coefficient (Wildman–Crippen LogP) is 5.14. The molecule has 44 heavy (non-hydrogen) atoms. The second-order valence-corrected chi connectivity index (χ2v) is 17.8. The number of nitrogens with zero attached hydrogens (tertiary/aromatic N) is 2. The van der Waals surface area contributed by atoms with Crippen LogP contribution in [0.1, 0.15) is 115 Å². The van der Waals surface area contributed by atoms with Crippen molar-refractivity contribution in [3.63, 3.8) is 0 Å². The molecule has 5 aliphatic rings. The molecular formula is C35H59N5O3S. The molecule has 248 valence electrons. The Kier molecular flexibility index (Phi) is 10.1. The zero-order chi connectivity index (χ0) is 31.1. The van der Waals surface area contributed by atoms with Crippen LogP contribution in [0, 0.1) is 17.3 Å². The number of likely N-dealkylation sites (tertiary alicyclic amines) is 1. The maximum absolute atomic E-state index is 13.9. The van der Waals surface area contributed by atoms with Crippen LogP contribution in [0.3, 0.4) is 0 Å². The van der Waals surface area contributed by atoms with E-state index >= 15 is 0 Å². The monoisotopic (exact) mass is 629 g/mol. The number of fused-ring (bicyclic) bond motifs is 4. The molecular weight excluding hydrogens is 570 g/mol. The lowest BCUT2D eigenvalue weighted by atomic mass is 9.59. The summed E-state index contributed by atoms with van der Waals surface area (Å²) in [6, 6.07) is 9.50. The zero-order valence-corrected chi connectivity index (χ0v) is 28.7. The fourth-order valence-electron chi connectivity index (χ4n) is 9.13. The van der Waals surface area contributed by atoms with Gasteiger partial charge in [-0.1, -0.05) is 58.4 Å². The minimum absolute atomic E-state index is 0.00708. The Hall–Kier alpha value is -1.07. The SMILES string of the molecule is CC(C)C[C@@H]1COC2CC(c3ccccc3C(C)C)NC(N2)NS(=O)(=O)C2CCCC(C2)CN1C1CC2(CCN(C)CC2)C1. The molecule has 8 nitrogen and oxygen atoms in total. The summed E-state index contributed by atoms with van der Waals surface area (Å²) in [5, 5.41) is 6.80. The first kappa shape index (κ1) is 32.9. The third kappa shape index (κ3) is 7.40. The summed E-state index contributed by atoms with van der Waals surface area (Å²) in [7, 11) is -1.26. The molecule has 3 N–H and O–H groups in total. The number of piperidine rings is 1. The molecule has 0 aromatic heterocycles. The Labute approximate surface area is 267 Å². The lowest BCUT2D eigenvalue weighted by Crippen LogP contribution is -2.64. The summed E-state index contributed by atoms with van der Waals surface area (Å²) in [4.78, 5) is 5.30. The van der Waals surface area contributed by atoms with Gasteiger partial charge in [0.25, 0.3) is 0 Å². The number of hydrogen-bond acceptors (Lipinski definition) is 7.